The molecule has 0 amide bonds. The molecule has 0 N–H and O–H groups in total. The molecule has 9 nitrogen and oxygen atoms in total. The first-order valence-electron chi connectivity index (χ1n) is 11.2. The maximum absolute atomic E-state index is 13.1. The summed E-state index contributed by atoms with van der Waals surface area (Å²) < 4.78 is 51.2. The number of ether oxygens (including phenoxy) is 1. The van der Waals surface area contributed by atoms with E-state index in [2.05, 4.69) is 19.8 Å². The summed E-state index contributed by atoms with van der Waals surface area (Å²) in [5, 5.41) is 0. The Kier molecular flexibility index (Phi) is 6.59. The van der Waals surface area contributed by atoms with E-state index in [0.29, 0.717) is 44.5 Å². The van der Waals surface area contributed by atoms with E-state index in [9.17, 15) is 12.8 Å². The second kappa shape index (κ2) is 9.79. The minimum Gasteiger partial charge on any atom is -0.439 e. The highest BCUT2D eigenvalue weighted by Gasteiger charge is 2.27. The van der Waals surface area contributed by atoms with Gasteiger partial charge in [-0.3, -0.25) is 4.90 Å². The zero-order valence-corrected chi connectivity index (χ0v) is 19.5. The van der Waals surface area contributed by atoms with Crippen LogP contribution in [0.4, 0.5) is 10.2 Å². The molecule has 0 radical (unpaired) electrons. The van der Waals surface area contributed by atoms with Gasteiger partial charge >= 0.3 is 0 Å². The molecule has 0 saturated carbocycles. The highest BCUT2D eigenvalue weighted by Crippen LogP contribution is 2.23. The third kappa shape index (κ3) is 4.97. The van der Waals surface area contributed by atoms with Crippen molar-refractivity contribution in [1.82, 2.24) is 19.2 Å². The van der Waals surface area contributed by atoms with E-state index in [1.165, 1.54) is 22.6 Å². The van der Waals surface area contributed by atoms with E-state index in [1.807, 2.05) is 0 Å². The summed E-state index contributed by atoms with van der Waals surface area (Å²) in [6, 6.07) is 9.53. The molecule has 180 valence electrons. The Hall–Kier alpha value is -2.86. The zero-order chi connectivity index (χ0) is 23.5. The number of rotatable bonds is 6. The van der Waals surface area contributed by atoms with E-state index in [-0.39, 0.29) is 10.7 Å². The van der Waals surface area contributed by atoms with Crippen LogP contribution in [0.2, 0.25) is 0 Å². The second-order valence-electron chi connectivity index (χ2n) is 8.26. The van der Waals surface area contributed by atoms with Gasteiger partial charge in [0.15, 0.2) is 5.76 Å². The number of morpholine rings is 1. The van der Waals surface area contributed by atoms with Gasteiger partial charge in [0.2, 0.25) is 15.9 Å². The lowest BCUT2D eigenvalue weighted by Crippen LogP contribution is -2.46. The first-order valence-corrected chi connectivity index (χ1v) is 12.6. The summed E-state index contributed by atoms with van der Waals surface area (Å²) >= 11 is 0. The van der Waals surface area contributed by atoms with Gasteiger partial charge < -0.3 is 14.1 Å². The van der Waals surface area contributed by atoms with Crippen LogP contribution in [0.1, 0.15) is 5.89 Å². The largest absolute Gasteiger partial charge is 0.439 e. The Morgan fingerprint density at radius 2 is 1.62 bits per heavy atom. The van der Waals surface area contributed by atoms with Crippen molar-refractivity contribution in [2.75, 3.05) is 57.4 Å². The van der Waals surface area contributed by atoms with Gasteiger partial charge in [-0.15, -0.1) is 0 Å². The maximum atomic E-state index is 13.1. The van der Waals surface area contributed by atoms with Crippen LogP contribution in [0.3, 0.4) is 0 Å². The smallest absolute Gasteiger partial charge is 0.244 e. The van der Waals surface area contributed by atoms with Gasteiger partial charge in [0.05, 0.1) is 26.0 Å². The first-order chi connectivity index (χ1) is 16.5. The fourth-order valence-corrected chi connectivity index (χ4v) is 5.46. The minimum atomic E-state index is -3.55. The van der Waals surface area contributed by atoms with Gasteiger partial charge in [-0.25, -0.2) is 22.8 Å². The lowest BCUT2D eigenvalue weighted by atomic mass is 10.2. The van der Waals surface area contributed by atoms with Gasteiger partial charge in [0.25, 0.3) is 0 Å². The fraction of sp³-hybridized carbons (Fsp3) is 0.391. The predicted octanol–water partition coefficient (Wildman–Crippen LogP) is 2.22. The molecule has 11 heteroatoms. The van der Waals surface area contributed by atoms with Crippen LogP contribution in [0, 0.1) is 5.82 Å². The molecule has 2 aliphatic heterocycles. The number of oxazole rings is 1. The van der Waals surface area contributed by atoms with E-state index >= 15 is 0 Å². The molecule has 2 fully saturated rings. The summed E-state index contributed by atoms with van der Waals surface area (Å²) in [4.78, 5) is 13.4. The molecule has 0 unspecified atom stereocenters. The van der Waals surface area contributed by atoms with Gasteiger partial charge in [0.1, 0.15) is 16.5 Å². The second-order valence-corrected chi connectivity index (χ2v) is 10.2. The van der Waals surface area contributed by atoms with Crippen molar-refractivity contribution >= 4 is 15.8 Å². The number of pyridine rings is 1. The zero-order valence-electron chi connectivity index (χ0n) is 18.6. The van der Waals surface area contributed by atoms with Gasteiger partial charge in [0, 0.05) is 51.0 Å². The molecule has 0 aliphatic carbocycles. The number of piperazine rings is 1. The number of halogens is 1. The highest BCUT2D eigenvalue weighted by molar-refractivity contribution is 7.89. The Bertz CT molecular complexity index is 1200. The lowest BCUT2D eigenvalue weighted by Gasteiger charge is -2.34. The monoisotopic (exact) mass is 487 g/mol. The summed E-state index contributed by atoms with van der Waals surface area (Å²) in [7, 11) is -3.55. The molecular weight excluding hydrogens is 461 g/mol. The number of hydrogen-bond donors (Lipinski definition) is 0. The molecule has 1 aromatic carbocycles. The van der Waals surface area contributed by atoms with Crippen LogP contribution in [-0.4, -0.2) is 80.1 Å². The predicted molar refractivity (Wildman–Crippen MR) is 123 cm³/mol. The molecular formula is C23H26FN5O4S. The number of hydrogen-bond acceptors (Lipinski definition) is 8. The highest BCUT2D eigenvalue weighted by atomic mass is 32.2. The summed E-state index contributed by atoms with van der Waals surface area (Å²) in [5.74, 6) is 1.70. The molecule has 0 spiro atoms. The van der Waals surface area contributed by atoms with Crippen molar-refractivity contribution in [2.24, 2.45) is 0 Å². The number of benzene rings is 1. The van der Waals surface area contributed by atoms with E-state index in [0.717, 1.165) is 37.6 Å². The van der Waals surface area contributed by atoms with Crippen molar-refractivity contribution < 1.29 is 22.0 Å². The SMILES string of the molecule is O=S(=O)(c1ccc(N2CCN(Cc3ncc(-c4ccc(F)cc4)o3)CC2)nc1)N1CCOCC1. The molecule has 5 rings (SSSR count). The van der Waals surface area contributed by atoms with Crippen LogP contribution in [0.25, 0.3) is 11.3 Å². The summed E-state index contributed by atoms with van der Waals surface area (Å²) in [6.07, 6.45) is 3.10. The third-order valence-electron chi connectivity index (χ3n) is 6.07. The number of aromatic nitrogens is 2. The Morgan fingerprint density at radius 1 is 0.882 bits per heavy atom. The lowest BCUT2D eigenvalue weighted by molar-refractivity contribution is 0.0730. The quantitative estimate of drug-likeness (QED) is 0.523. The van der Waals surface area contributed by atoms with Crippen LogP contribution >= 0.6 is 0 Å². The van der Waals surface area contributed by atoms with Crippen molar-refractivity contribution in [2.45, 2.75) is 11.4 Å². The third-order valence-corrected chi connectivity index (χ3v) is 7.95. The van der Waals surface area contributed by atoms with Crippen molar-refractivity contribution in [1.29, 1.82) is 0 Å². The molecule has 0 bridgehead atoms. The molecule has 34 heavy (non-hydrogen) atoms. The van der Waals surface area contributed by atoms with Crippen molar-refractivity contribution in [3.8, 4) is 11.3 Å². The molecule has 2 saturated heterocycles. The topological polar surface area (TPSA) is 92.0 Å². The van der Waals surface area contributed by atoms with E-state index < -0.39 is 10.0 Å². The molecule has 3 aromatic rings. The van der Waals surface area contributed by atoms with Crippen molar-refractivity contribution in [3.63, 3.8) is 0 Å². The maximum Gasteiger partial charge on any atom is 0.244 e. The number of sulfonamides is 1. The number of anilines is 1. The standard InChI is InChI=1S/C23H26FN5O4S/c24-19-3-1-18(2-4-19)21-16-26-23(33-21)17-27-7-9-28(10-8-27)22-6-5-20(15-25-22)34(30,31)29-11-13-32-14-12-29/h1-6,15-16H,7-14,17H2. The van der Waals surface area contributed by atoms with Gasteiger partial charge in [-0.2, -0.15) is 4.31 Å². The van der Waals surface area contributed by atoms with Crippen LogP contribution in [-0.2, 0) is 21.3 Å². The van der Waals surface area contributed by atoms with Gasteiger partial charge in [-0.05, 0) is 36.4 Å². The van der Waals surface area contributed by atoms with Crippen LogP contribution < -0.4 is 4.90 Å². The van der Waals surface area contributed by atoms with Crippen LogP contribution in [0.5, 0.6) is 0 Å². The molecule has 2 aromatic heterocycles. The normalized spacial score (nSPS) is 18.3. The average Bonchev–Trinajstić information content (AvgIpc) is 3.34. The fourth-order valence-electron chi connectivity index (χ4n) is 4.11. The Balaban J connectivity index is 1.16. The Morgan fingerprint density at radius 3 is 2.29 bits per heavy atom. The van der Waals surface area contributed by atoms with E-state index in [1.54, 1.807) is 30.5 Å². The number of nitrogens with zero attached hydrogens (tertiary/aromatic N) is 5. The van der Waals surface area contributed by atoms with Crippen molar-refractivity contribution in [3.05, 3.63) is 60.5 Å². The molecule has 0 atom stereocenters. The average molecular weight is 488 g/mol. The first kappa shape index (κ1) is 22.9. The minimum absolute atomic E-state index is 0.206. The van der Waals surface area contributed by atoms with Crippen LogP contribution in [0.15, 0.2) is 58.1 Å². The van der Waals surface area contributed by atoms with Gasteiger partial charge in [-0.1, -0.05) is 0 Å². The summed E-state index contributed by atoms with van der Waals surface area (Å²) in [5.41, 5.74) is 0.787. The summed E-state index contributed by atoms with van der Waals surface area (Å²) in [6.45, 7) is 5.24. The Labute approximate surface area is 197 Å². The molecule has 2 aliphatic rings. The van der Waals surface area contributed by atoms with E-state index in [4.69, 9.17) is 9.15 Å². The molecule has 4 heterocycles.